The molecule has 2 aromatic rings. The molecule has 1 aliphatic heterocycles. The number of rotatable bonds is 3. The molecule has 3 rings (SSSR count). The summed E-state index contributed by atoms with van der Waals surface area (Å²) in [7, 11) is 0. The van der Waals surface area contributed by atoms with Crippen LogP contribution >= 0.6 is 23.2 Å². The van der Waals surface area contributed by atoms with Crippen LogP contribution in [0.15, 0.2) is 30.5 Å². The molecule has 0 saturated carbocycles. The van der Waals surface area contributed by atoms with Crippen molar-refractivity contribution in [2.24, 2.45) is 0 Å². The maximum atomic E-state index is 12.4. The van der Waals surface area contributed by atoms with Gasteiger partial charge in [-0.25, -0.2) is 9.97 Å². The van der Waals surface area contributed by atoms with Crippen LogP contribution < -0.4 is 5.32 Å². The minimum Gasteiger partial charge on any atom is -0.378 e. The fourth-order valence-electron chi connectivity index (χ4n) is 2.22. The number of nitrogens with zero attached hydrogens (tertiary/aromatic N) is 3. The summed E-state index contributed by atoms with van der Waals surface area (Å²) < 4.78 is 5.25. The van der Waals surface area contributed by atoms with Crippen molar-refractivity contribution in [3.8, 4) is 0 Å². The zero-order chi connectivity index (χ0) is 16.2. The van der Waals surface area contributed by atoms with E-state index in [1.807, 2.05) is 0 Å². The standard InChI is InChI=1S/C15H14Cl2N4O2/c16-10-7-11(17)9-12(8-10)19-15-18-2-1-13(20-15)14(22)21-3-5-23-6-4-21/h1-2,7-9H,3-6H2,(H,18,19,20). The molecule has 8 heteroatoms. The fraction of sp³-hybridized carbons (Fsp3) is 0.267. The van der Waals surface area contributed by atoms with E-state index in [0.29, 0.717) is 53.7 Å². The van der Waals surface area contributed by atoms with Crippen molar-refractivity contribution in [2.45, 2.75) is 0 Å². The van der Waals surface area contributed by atoms with E-state index in [1.54, 1.807) is 29.2 Å². The Balaban J connectivity index is 1.77. The molecule has 1 N–H and O–H groups in total. The Hall–Kier alpha value is -1.89. The van der Waals surface area contributed by atoms with Gasteiger partial charge in [-0.05, 0) is 24.3 Å². The van der Waals surface area contributed by atoms with Gasteiger partial charge < -0.3 is 15.0 Å². The minimum atomic E-state index is -0.136. The van der Waals surface area contributed by atoms with Gasteiger partial charge in [0.05, 0.1) is 13.2 Å². The van der Waals surface area contributed by atoms with Crippen molar-refractivity contribution in [3.05, 3.63) is 46.2 Å². The zero-order valence-electron chi connectivity index (χ0n) is 12.1. The van der Waals surface area contributed by atoms with Gasteiger partial charge in [0.15, 0.2) is 0 Å². The number of anilines is 2. The minimum absolute atomic E-state index is 0.136. The van der Waals surface area contributed by atoms with Crippen LogP contribution in [0.2, 0.25) is 10.0 Å². The number of nitrogens with one attached hydrogen (secondary N) is 1. The van der Waals surface area contributed by atoms with Crippen molar-refractivity contribution >= 4 is 40.7 Å². The third kappa shape index (κ3) is 4.10. The second-order valence-corrected chi connectivity index (χ2v) is 5.83. The van der Waals surface area contributed by atoms with Crippen LogP contribution in [-0.4, -0.2) is 47.1 Å². The van der Waals surface area contributed by atoms with Gasteiger partial charge in [-0.3, -0.25) is 4.79 Å². The SMILES string of the molecule is O=C(c1ccnc(Nc2cc(Cl)cc(Cl)c2)n1)N1CCOCC1. The number of carbonyl (C=O) groups is 1. The van der Waals surface area contributed by atoms with Crippen molar-refractivity contribution in [2.75, 3.05) is 31.6 Å². The van der Waals surface area contributed by atoms with E-state index in [-0.39, 0.29) is 5.91 Å². The number of carbonyl (C=O) groups excluding carboxylic acids is 1. The highest BCUT2D eigenvalue weighted by Crippen LogP contribution is 2.24. The van der Waals surface area contributed by atoms with Gasteiger partial charge in [-0.2, -0.15) is 0 Å². The van der Waals surface area contributed by atoms with E-state index in [4.69, 9.17) is 27.9 Å². The molecule has 0 atom stereocenters. The van der Waals surface area contributed by atoms with E-state index in [1.165, 1.54) is 6.20 Å². The Morgan fingerprint density at radius 1 is 1.17 bits per heavy atom. The Morgan fingerprint density at radius 3 is 2.57 bits per heavy atom. The molecule has 1 aromatic heterocycles. The third-order valence-corrected chi connectivity index (χ3v) is 3.73. The smallest absolute Gasteiger partial charge is 0.272 e. The van der Waals surface area contributed by atoms with Crippen molar-refractivity contribution < 1.29 is 9.53 Å². The molecule has 0 bridgehead atoms. The normalized spacial score (nSPS) is 14.6. The van der Waals surface area contributed by atoms with E-state index >= 15 is 0 Å². The topological polar surface area (TPSA) is 67.4 Å². The highest BCUT2D eigenvalue weighted by Gasteiger charge is 2.20. The summed E-state index contributed by atoms with van der Waals surface area (Å²) in [5.74, 6) is 0.172. The number of halogens is 2. The predicted molar refractivity (Wildman–Crippen MR) is 88.5 cm³/mol. The lowest BCUT2D eigenvalue weighted by atomic mass is 10.3. The first-order valence-electron chi connectivity index (χ1n) is 7.05. The number of morpholine rings is 1. The first-order chi connectivity index (χ1) is 11.1. The molecule has 0 spiro atoms. The largest absolute Gasteiger partial charge is 0.378 e. The van der Waals surface area contributed by atoms with Crippen molar-refractivity contribution in [1.29, 1.82) is 0 Å². The highest BCUT2D eigenvalue weighted by molar-refractivity contribution is 6.35. The predicted octanol–water partition coefficient (Wildman–Crippen LogP) is 3.00. The maximum absolute atomic E-state index is 12.4. The second-order valence-electron chi connectivity index (χ2n) is 4.95. The van der Waals surface area contributed by atoms with Crippen LogP contribution in [0, 0.1) is 0 Å². The summed E-state index contributed by atoms with van der Waals surface area (Å²) in [4.78, 5) is 22.5. The number of hydrogen-bond acceptors (Lipinski definition) is 5. The van der Waals surface area contributed by atoms with Crippen molar-refractivity contribution in [3.63, 3.8) is 0 Å². The molecule has 0 radical (unpaired) electrons. The zero-order valence-corrected chi connectivity index (χ0v) is 13.6. The molecule has 120 valence electrons. The van der Waals surface area contributed by atoms with Gasteiger partial charge in [0, 0.05) is 35.0 Å². The Bertz CT molecular complexity index is 700. The van der Waals surface area contributed by atoms with E-state index in [2.05, 4.69) is 15.3 Å². The maximum Gasteiger partial charge on any atom is 0.272 e. The monoisotopic (exact) mass is 352 g/mol. The summed E-state index contributed by atoms with van der Waals surface area (Å²) in [6, 6.07) is 6.63. The van der Waals surface area contributed by atoms with Crippen LogP contribution in [0.3, 0.4) is 0 Å². The van der Waals surface area contributed by atoms with Gasteiger partial charge in [0.1, 0.15) is 5.69 Å². The molecule has 1 amide bonds. The molecular weight excluding hydrogens is 339 g/mol. The first kappa shape index (κ1) is 16.0. The van der Waals surface area contributed by atoms with Gasteiger partial charge in [-0.15, -0.1) is 0 Å². The molecule has 0 unspecified atom stereocenters. The fourth-order valence-corrected chi connectivity index (χ4v) is 2.75. The summed E-state index contributed by atoms with van der Waals surface area (Å²) in [6.07, 6.45) is 1.54. The number of hydrogen-bond donors (Lipinski definition) is 1. The molecule has 6 nitrogen and oxygen atoms in total. The van der Waals surface area contributed by atoms with Crippen LogP contribution in [0.5, 0.6) is 0 Å². The third-order valence-electron chi connectivity index (χ3n) is 3.29. The Kier molecular flexibility index (Phi) is 4.95. The molecule has 1 saturated heterocycles. The van der Waals surface area contributed by atoms with Crippen LogP contribution in [0.25, 0.3) is 0 Å². The highest BCUT2D eigenvalue weighted by atomic mass is 35.5. The molecule has 0 aliphatic carbocycles. The lowest BCUT2D eigenvalue weighted by Gasteiger charge is -2.26. The average Bonchev–Trinajstić information content (AvgIpc) is 2.54. The van der Waals surface area contributed by atoms with E-state index in [9.17, 15) is 4.79 Å². The summed E-state index contributed by atoms with van der Waals surface area (Å²) in [6.45, 7) is 2.22. The lowest BCUT2D eigenvalue weighted by Crippen LogP contribution is -2.41. The quantitative estimate of drug-likeness (QED) is 0.919. The van der Waals surface area contributed by atoms with Crippen LogP contribution in [-0.2, 0) is 4.74 Å². The average molecular weight is 353 g/mol. The molecular formula is C15H14Cl2N4O2. The van der Waals surface area contributed by atoms with Crippen LogP contribution in [0.4, 0.5) is 11.6 Å². The van der Waals surface area contributed by atoms with Gasteiger partial charge in [0.2, 0.25) is 5.95 Å². The Labute approximate surface area is 143 Å². The molecule has 1 fully saturated rings. The van der Waals surface area contributed by atoms with E-state index < -0.39 is 0 Å². The number of amides is 1. The molecule has 2 heterocycles. The number of ether oxygens (including phenoxy) is 1. The van der Waals surface area contributed by atoms with Gasteiger partial charge >= 0.3 is 0 Å². The summed E-state index contributed by atoms with van der Waals surface area (Å²) in [5, 5.41) is 4.00. The number of benzene rings is 1. The lowest BCUT2D eigenvalue weighted by molar-refractivity contribution is 0.0299. The molecule has 1 aliphatic rings. The first-order valence-corrected chi connectivity index (χ1v) is 7.80. The summed E-state index contributed by atoms with van der Waals surface area (Å²) >= 11 is 11.9. The van der Waals surface area contributed by atoms with Gasteiger partial charge in [0.25, 0.3) is 5.91 Å². The van der Waals surface area contributed by atoms with Crippen LogP contribution in [0.1, 0.15) is 10.5 Å². The molecule has 23 heavy (non-hydrogen) atoms. The van der Waals surface area contributed by atoms with Crippen molar-refractivity contribution in [1.82, 2.24) is 14.9 Å². The van der Waals surface area contributed by atoms with E-state index in [0.717, 1.165) is 0 Å². The second kappa shape index (κ2) is 7.12. The molecule has 1 aromatic carbocycles. The Morgan fingerprint density at radius 2 is 1.87 bits per heavy atom. The van der Waals surface area contributed by atoms with Gasteiger partial charge in [-0.1, -0.05) is 23.2 Å². The number of aromatic nitrogens is 2. The summed E-state index contributed by atoms with van der Waals surface area (Å²) in [5.41, 5.74) is 0.982.